The summed E-state index contributed by atoms with van der Waals surface area (Å²) < 4.78 is 7.59. The van der Waals surface area contributed by atoms with Gasteiger partial charge in [-0.15, -0.1) is 0 Å². The van der Waals surface area contributed by atoms with Gasteiger partial charge in [-0.3, -0.25) is 4.57 Å². The zero-order chi connectivity index (χ0) is 27.7. The minimum atomic E-state index is -0.207. The number of hydrogen-bond donors (Lipinski definition) is 2. The molecule has 2 fully saturated rings. The Bertz CT molecular complexity index is 1640. The minimum Gasteiger partial charge on any atom is -0.508 e. The third-order valence-electron chi connectivity index (χ3n) is 8.24. The summed E-state index contributed by atoms with van der Waals surface area (Å²) in [5.41, 5.74) is 13.0. The number of morpholine rings is 1. The average Bonchev–Trinajstić information content (AvgIpc) is 3.31. The quantitative estimate of drug-likeness (QED) is 0.376. The van der Waals surface area contributed by atoms with E-state index in [4.69, 9.17) is 15.5 Å². The highest BCUT2D eigenvalue weighted by Crippen LogP contribution is 2.38. The zero-order valence-corrected chi connectivity index (χ0v) is 23.0. The third kappa shape index (κ3) is 5.08. The summed E-state index contributed by atoms with van der Waals surface area (Å²) in [6.07, 6.45) is 7.38. The fourth-order valence-corrected chi connectivity index (χ4v) is 5.55. The molecule has 0 bridgehead atoms. The van der Waals surface area contributed by atoms with Crippen molar-refractivity contribution in [3.8, 4) is 22.8 Å². The number of aromatic hydroxyl groups is 1. The topological polar surface area (TPSA) is 76.5 Å². The van der Waals surface area contributed by atoms with E-state index in [1.165, 1.54) is 23.2 Å². The van der Waals surface area contributed by atoms with Crippen LogP contribution in [0.2, 0.25) is 0 Å². The number of benzene rings is 3. The predicted octanol–water partition coefficient (Wildman–Crippen LogP) is 4.71. The summed E-state index contributed by atoms with van der Waals surface area (Å²) in [6, 6.07) is 24.2. The molecule has 1 aliphatic heterocycles. The second kappa shape index (κ2) is 10.8. The number of rotatable bonds is 6. The van der Waals surface area contributed by atoms with Gasteiger partial charge in [0.2, 0.25) is 0 Å². The van der Waals surface area contributed by atoms with Crippen molar-refractivity contribution in [1.82, 2.24) is 9.55 Å². The van der Waals surface area contributed by atoms with E-state index in [9.17, 15) is 5.11 Å². The van der Waals surface area contributed by atoms with Gasteiger partial charge in [0, 0.05) is 35.6 Å². The molecule has 6 heteroatoms. The minimum absolute atomic E-state index is 0.207. The number of ether oxygens (including phenoxy) is 1. The second-order valence-electron chi connectivity index (χ2n) is 10.9. The Hall–Kier alpha value is -4.13. The number of anilines is 1. The number of hydrogen-bond acceptors (Lipinski definition) is 5. The maximum absolute atomic E-state index is 9.87. The van der Waals surface area contributed by atoms with Crippen molar-refractivity contribution in [2.75, 3.05) is 31.2 Å². The van der Waals surface area contributed by atoms with Crippen LogP contribution < -0.4 is 21.3 Å². The molecular weight excluding hydrogens is 496 g/mol. The molecule has 2 heterocycles. The molecule has 1 saturated carbocycles. The van der Waals surface area contributed by atoms with Gasteiger partial charge in [0.1, 0.15) is 11.6 Å². The average molecular weight is 533 g/mol. The molecule has 6 nitrogen and oxygen atoms in total. The van der Waals surface area contributed by atoms with Gasteiger partial charge in [0.25, 0.3) is 0 Å². The Kier molecular flexibility index (Phi) is 7.05. The molecule has 0 spiro atoms. The largest absolute Gasteiger partial charge is 0.508 e. The highest BCUT2D eigenvalue weighted by atomic mass is 16.5. The summed E-state index contributed by atoms with van der Waals surface area (Å²) in [6.45, 7) is 9.91. The first-order valence-corrected chi connectivity index (χ1v) is 14.0. The van der Waals surface area contributed by atoms with Gasteiger partial charge in [-0.1, -0.05) is 36.9 Å². The lowest BCUT2D eigenvalue weighted by molar-refractivity contribution is 0.122. The van der Waals surface area contributed by atoms with Crippen molar-refractivity contribution in [2.45, 2.75) is 31.7 Å². The number of nitrogens with zero attached hydrogens (tertiary/aromatic N) is 3. The van der Waals surface area contributed by atoms with E-state index < -0.39 is 0 Å². The monoisotopic (exact) mass is 532 g/mol. The smallest absolute Gasteiger partial charge is 0.145 e. The standard InChI is InChI=1S/C34H36N4O2/c1-24(27-5-3-6-30(23-27)37-19-21-40-22-20-37)7-16-32-25(2)38(33(36-32)26-8-14-31(39)15-9-26)29-12-10-28(11-13-29)34(35)17-4-18-34/h3,5-16,23,39H,2,4,17-22,35H2,1H3/b24-7+,32-16+. The molecule has 6 rings (SSSR count). The first-order valence-electron chi connectivity index (χ1n) is 14.0. The van der Waals surface area contributed by atoms with Crippen LogP contribution >= 0.6 is 0 Å². The number of imidazole rings is 1. The summed E-state index contributed by atoms with van der Waals surface area (Å²) in [4.78, 5) is 7.38. The van der Waals surface area contributed by atoms with Gasteiger partial charge < -0.3 is 20.5 Å². The number of allylic oxidation sites excluding steroid dienone is 2. The van der Waals surface area contributed by atoms with E-state index in [2.05, 4.69) is 77.6 Å². The van der Waals surface area contributed by atoms with Crippen LogP contribution in [-0.4, -0.2) is 41.0 Å². The predicted molar refractivity (Wildman–Crippen MR) is 163 cm³/mol. The van der Waals surface area contributed by atoms with E-state index in [1.54, 1.807) is 12.1 Å². The number of nitrogens with two attached hydrogens (primary N) is 1. The van der Waals surface area contributed by atoms with Crippen molar-refractivity contribution in [2.24, 2.45) is 5.73 Å². The molecule has 1 aliphatic carbocycles. The summed E-state index contributed by atoms with van der Waals surface area (Å²) in [5.74, 6) is 0.995. The summed E-state index contributed by atoms with van der Waals surface area (Å²) in [7, 11) is 0. The highest BCUT2D eigenvalue weighted by Gasteiger charge is 2.34. The first-order chi connectivity index (χ1) is 19.4. The molecule has 204 valence electrons. The van der Waals surface area contributed by atoms with Crippen LogP contribution in [0.3, 0.4) is 0 Å². The second-order valence-corrected chi connectivity index (χ2v) is 10.9. The molecule has 0 amide bonds. The van der Waals surface area contributed by atoms with E-state index in [0.29, 0.717) is 0 Å². The van der Waals surface area contributed by atoms with Crippen molar-refractivity contribution in [3.63, 3.8) is 0 Å². The van der Waals surface area contributed by atoms with Crippen LogP contribution in [0.25, 0.3) is 35.3 Å². The highest BCUT2D eigenvalue weighted by molar-refractivity contribution is 5.72. The third-order valence-corrected chi connectivity index (χ3v) is 8.24. The van der Waals surface area contributed by atoms with Crippen LogP contribution in [0, 0.1) is 0 Å². The van der Waals surface area contributed by atoms with Crippen molar-refractivity contribution in [1.29, 1.82) is 0 Å². The van der Waals surface area contributed by atoms with Crippen molar-refractivity contribution in [3.05, 3.63) is 101 Å². The zero-order valence-electron chi connectivity index (χ0n) is 23.0. The lowest BCUT2D eigenvalue weighted by Crippen LogP contribution is -2.43. The lowest BCUT2D eigenvalue weighted by atomic mass is 9.73. The Labute approximate surface area is 235 Å². The fraction of sp³-hybridized carbons (Fsp3) is 0.265. The number of phenols is 1. The molecule has 0 radical (unpaired) electrons. The fourth-order valence-electron chi connectivity index (χ4n) is 5.55. The van der Waals surface area contributed by atoms with Gasteiger partial charge in [-0.2, -0.15) is 0 Å². The summed E-state index contributed by atoms with van der Waals surface area (Å²) in [5, 5.41) is 11.5. The molecule has 3 N–H and O–H groups in total. The van der Waals surface area contributed by atoms with E-state index in [0.717, 1.165) is 72.5 Å². The molecule has 1 aromatic heterocycles. The van der Waals surface area contributed by atoms with Gasteiger partial charge in [0.05, 0.1) is 23.9 Å². The van der Waals surface area contributed by atoms with Gasteiger partial charge in [-0.05, 0) is 97.5 Å². The molecule has 0 atom stereocenters. The van der Waals surface area contributed by atoms with Gasteiger partial charge in [0.15, 0.2) is 0 Å². The van der Waals surface area contributed by atoms with E-state index in [1.807, 2.05) is 18.2 Å². The van der Waals surface area contributed by atoms with Gasteiger partial charge in [-0.25, -0.2) is 4.98 Å². The van der Waals surface area contributed by atoms with Crippen LogP contribution in [0.1, 0.15) is 37.3 Å². The van der Waals surface area contributed by atoms with Gasteiger partial charge >= 0.3 is 0 Å². The maximum Gasteiger partial charge on any atom is 0.145 e. The van der Waals surface area contributed by atoms with Crippen LogP contribution in [-0.2, 0) is 10.3 Å². The summed E-state index contributed by atoms with van der Waals surface area (Å²) >= 11 is 0. The number of phenolic OH excluding ortho intramolecular Hbond substituents is 1. The normalized spacial score (nSPS) is 17.6. The molecular formula is C34H36N4O2. The molecule has 3 aromatic carbocycles. The van der Waals surface area contributed by atoms with Crippen molar-refractivity contribution >= 4 is 23.9 Å². The molecule has 2 aliphatic rings. The molecule has 4 aromatic rings. The van der Waals surface area contributed by atoms with E-state index >= 15 is 0 Å². The molecule has 40 heavy (non-hydrogen) atoms. The van der Waals surface area contributed by atoms with Crippen LogP contribution in [0.4, 0.5) is 5.69 Å². The Morgan fingerprint density at radius 1 is 1.00 bits per heavy atom. The SMILES string of the molecule is C=c1/c(=C\C=C(/C)c2cccc(N3CCOCC3)c2)nc(-c2ccc(O)cc2)n1-c1ccc(C2(N)CCC2)cc1. The first kappa shape index (κ1) is 26.1. The Balaban J connectivity index is 1.38. The maximum atomic E-state index is 9.87. The molecule has 1 saturated heterocycles. The number of aromatic nitrogens is 2. The lowest BCUT2D eigenvalue weighted by Gasteiger charge is -2.38. The Morgan fingerprint density at radius 2 is 1.73 bits per heavy atom. The van der Waals surface area contributed by atoms with E-state index in [-0.39, 0.29) is 11.3 Å². The van der Waals surface area contributed by atoms with Crippen LogP contribution in [0.5, 0.6) is 5.75 Å². The van der Waals surface area contributed by atoms with Crippen LogP contribution in [0.15, 0.2) is 78.9 Å². The van der Waals surface area contributed by atoms with Crippen molar-refractivity contribution < 1.29 is 9.84 Å². The Morgan fingerprint density at radius 3 is 2.40 bits per heavy atom. The molecule has 0 unspecified atom stereocenters.